The second-order valence-corrected chi connectivity index (χ2v) is 7.51. The zero-order valence-corrected chi connectivity index (χ0v) is 12.3. The Bertz CT molecular complexity index is 621. The number of hydrogen-bond acceptors (Lipinski definition) is 3. The molecule has 21 heavy (non-hydrogen) atoms. The zero-order valence-electron chi connectivity index (χ0n) is 11.4. The van der Waals surface area contributed by atoms with E-state index in [1.165, 1.54) is 0 Å². The lowest BCUT2D eigenvalue weighted by Gasteiger charge is -2.51. The predicted molar refractivity (Wildman–Crippen MR) is 72.2 cm³/mol. The van der Waals surface area contributed by atoms with E-state index in [0.29, 0.717) is 19.3 Å². The molecule has 116 valence electrons. The molecule has 4 nitrogen and oxygen atoms in total. The summed E-state index contributed by atoms with van der Waals surface area (Å²) in [4.78, 5) is -0.367. The minimum absolute atomic E-state index is 0.0583. The molecule has 1 atom stereocenters. The fourth-order valence-corrected chi connectivity index (χ4v) is 4.61. The van der Waals surface area contributed by atoms with E-state index in [1.54, 1.807) is 0 Å². The maximum atomic E-state index is 13.2. The summed E-state index contributed by atoms with van der Waals surface area (Å²) < 4.78 is 58.9. The van der Waals surface area contributed by atoms with Crippen molar-refractivity contribution < 1.29 is 21.9 Å². The van der Waals surface area contributed by atoms with Gasteiger partial charge in [-0.05, 0) is 43.2 Å². The molecule has 1 unspecified atom stereocenters. The molecule has 1 aromatic rings. The van der Waals surface area contributed by atoms with Crippen LogP contribution in [0.15, 0.2) is 23.1 Å². The van der Waals surface area contributed by atoms with E-state index in [0.717, 1.165) is 37.8 Å². The molecule has 2 aliphatic rings. The van der Waals surface area contributed by atoms with Gasteiger partial charge in [-0.25, -0.2) is 21.9 Å². The van der Waals surface area contributed by atoms with Gasteiger partial charge in [-0.2, -0.15) is 0 Å². The van der Waals surface area contributed by atoms with Crippen LogP contribution in [-0.2, 0) is 14.8 Å². The van der Waals surface area contributed by atoms with Gasteiger partial charge in [-0.15, -0.1) is 0 Å². The van der Waals surface area contributed by atoms with E-state index < -0.39 is 21.7 Å². The van der Waals surface area contributed by atoms with Crippen LogP contribution in [0, 0.1) is 17.0 Å². The smallest absolute Gasteiger partial charge is 0.241 e. The molecule has 1 saturated heterocycles. The Balaban J connectivity index is 1.80. The van der Waals surface area contributed by atoms with E-state index >= 15 is 0 Å². The molecule has 1 N–H and O–H groups in total. The van der Waals surface area contributed by atoms with E-state index in [1.807, 2.05) is 0 Å². The van der Waals surface area contributed by atoms with Crippen LogP contribution in [0.5, 0.6) is 0 Å². The van der Waals surface area contributed by atoms with Gasteiger partial charge in [0.15, 0.2) is 0 Å². The van der Waals surface area contributed by atoms with Gasteiger partial charge in [0.25, 0.3) is 0 Å². The van der Waals surface area contributed by atoms with Crippen molar-refractivity contribution >= 4 is 10.0 Å². The number of hydrogen-bond donors (Lipinski definition) is 1. The molecule has 1 aliphatic heterocycles. The summed E-state index contributed by atoms with van der Waals surface area (Å²) in [6, 6.07) is 2.14. The summed E-state index contributed by atoms with van der Waals surface area (Å²) >= 11 is 0. The van der Waals surface area contributed by atoms with Crippen LogP contribution in [0.2, 0.25) is 0 Å². The Hall–Kier alpha value is -1.05. The first kappa shape index (κ1) is 14.9. The van der Waals surface area contributed by atoms with Crippen LogP contribution >= 0.6 is 0 Å². The maximum absolute atomic E-state index is 13.2. The van der Waals surface area contributed by atoms with Crippen LogP contribution in [0.4, 0.5) is 8.78 Å². The van der Waals surface area contributed by atoms with Gasteiger partial charge in [0.1, 0.15) is 11.6 Å². The molecule has 0 aromatic heterocycles. The van der Waals surface area contributed by atoms with Crippen molar-refractivity contribution in [3.05, 3.63) is 29.8 Å². The van der Waals surface area contributed by atoms with Crippen LogP contribution in [0.25, 0.3) is 0 Å². The van der Waals surface area contributed by atoms with Crippen molar-refractivity contribution in [3.63, 3.8) is 0 Å². The van der Waals surface area contributed by atoms with Crippen molar-refractivity contribution in [2.75, 3.05) is 13.2 Å². The summed E-state index contributed by atoms with van der Waals surface area (Å²) in [5.74, 6) is -1.80. The van der Waals surface area contributed by atoms with E-state index in [4.69, 9.17) is 4.74 Å². The topological polar surface area (TPSA) is 55.4 Å². The monoisotopic (exact) mass is 317 g/mol. The average molecular weight is 317 g/mol. The van der Waals surface area contributed by atoms with Crippen LogP contribution < -0.4 is 4.72 Å². The summed E-state index contributed by atoms with van der Waals surface area (Å²) in [7, 11) is -3.91. The molecule has 1 aromatic carbocycles. The minimum Gasteiger partial charge on any atom is -0.381 e. The molecule has 1 saturated carbocycles. The van der Waals surface area contributed by atoms with E-state index in [9.17, 15) is 17.2 Å². The summed E-state index contributed by atoms with van der Waals surface area (Å²) in [6.07, 6.45) is 3.34. The lowest BCUT2D eigenvalue weighted by molar-refractivity contribution is -0.0483. The SMILES string of the molecule is O=S(=O)(NC1CCC12CCOCC2)c1cc(F)cc(F)c1. The molecule has 2 fully saturated rings. The van der Waals surface area contributed by atoms with Crippen molar-refractivity contribution in [3.8, 4) is 0 Å². The molecule has 1 spiro atoms. The Morgan fingerprint density at radius 1 is 1.10 bits per heavy atom. The van der Waals surface area contributed by atoms with Gasteiger partial charge in [-0.1, -0.05) is 0 Å². The lowest BCUT2D eigenvalue weighted by atomic mass is 9.60. The predicted octanol–water partition coefficient (Wildman–Crippen LogP) is 2.20. The van der Waals surface area contributed by atoms with E-state index in [-0.39, 0.29) is 16.4 Å². The Morgan fingerprint density at radius 2 is 1.71 bits per heavy atom. The fourth-order valence-electron chi connectivity index (χ4n) is 3.20. The van der Waals surface area contributed by atoms with E-state index in [2.05, 4.69) is 4.72 Å². The first-order chi connectivity index (χ1) is 9.91. The van der Waals surface area contributed by atoms with Gasteiger partial charge in [0, 0.05) is 25.3 Å². The number of benzene rings is 1. The molecule has 1 heterocycles. The highest BCUT2D eigenvalue weighted by molar-refractivity contribution is 7.89. The van der Waals surface area contributed by atoms with Crippen LogP contribution in [-0.4, -0.2) is 27.7 Å². The maximum Gasteiger partial charge on any atom is 0.241 e. The summed E-state index contributed by atoms with van der Waals surface area (Å²) in [5, 5.41) is 0. The zero-order chi connectivity index (χ0) is 15.1. The average Bonchev–Trinajstić information content (AvgIpc) is 2.44. The molecular weight excluding hydrogens is 300 g/mol. The molecule has 7 heteroatoms. The van der Waals surface area contributed by atoms with Gasteiger partial charge in [0.05, 0.1) is 4.90 Å². The number of nitrogens with one attached hydrogen (secondary N) is 1. The molecule has 0 radical (unpaired) electrons. The second kappa shape index (κ2) is 5.30. The largest absolute Gasteiger partial charge is 0.381 e. The van der Waals surface area contributed by atoms with Crippen LogP contribution in [0.3, 0.4) is 0 Å². The highest BCUT2D eigenvalue weighted by Crippen LogP contribution is 2.49. The first-order valence-electron chi connectivity index (χ1n) is 6.98. The highest BCUT2D eigenvalue weighted by atomic mass is 32.2. The Kier molecular flexibility index (Phi) is 3.75. The van der Waals surface area contributed by atoms with Crippen molar-refractivity contribution in [1.29, 1.82) is 0 Å². The molecule has 0 amide bonds. The normalized spacial score (nSPS) is 24.8. The third-order valence-corrected chi connectivity index (χ3v) is 6.05. The van der Waals surface area contributed by atoms with Gasteiger partial charge < -0.3 is 4.74 Å². The quantitative estimate of drug-likeness (QED) is 0.930. The molecule has 1 aliphatic carbocycles. The number of rotatable bonds is 3. The summed E-state index contributed by atoms with van der Waals surface area (Å²) in [5.41, 5.74) is -0.0583. The number of ether oxygens (including phenoxy) is 1. The fraction of sp³-hybridized carbons (Fsp3) is 0.571. The third-order valence-electron chi connectivity index (χ3n) is 4.60. The van der Waals surface area contributed by atoms with Gasteiger partial charge in [0.2, 0.25) is 10.0 Å². The Labute approximate surface area is 122 Å². The minimum atomic E-state index is -3.91. The Morgan fingerprint density at radius 3 is 2.24 bits per heavy atom. The molecule has 3 rings (SSSR count). The first-order valence-corrected chi connectivity index (χ1v) is 8.46. The van der Waals surface area contributed by atoms with Crippen LogP contribution in [0.1, 0.15) is 25.7 Å². The number of halogens is 2. The molecule has 0 bridgehead atoms. The third kappa shape index (κ3) is 2.82. The van der Waals surface area contributed by atoms with Crippen molar-refractivity contribution in [2.45, 2.75) is 36.6 Å². The second-order valence-electron chi connectivity index (χ2n) is 5.79. The van der Waals surface area contributed by atoms with Crippen molar-refractivity contribution in [2.24, 2.45) is 5.41 Å². The summed E-state index contributed by atoms with van der Waals surface area (Å²) in [6.45, 7) is 1.26. The number of sulfonamides is 1. The lowest BCUT2D eigenvalue weighted by Crippen LogP contribution is -2.57. The molecular formula is C14H17F2NO3S. The van der Waals surface area contributed by atoms with Gasteiger partial charge >= 0.3 is 0 Å². The standard InChI is InChI=1S/C14H17F2NO3S/c15-10-7-11(16)9-12(8-10)21(18,19)17-13-1-2-14(13)3-5-20-6-4-14/h7-9,13,17H,1-6H2. The van der Waals surface area contributed by atoms with Gasteiger partial charge in [-0.3, -0.25) is 0 Å². The highest BCUT2D eigenvalue weighted by Gasteiger charge is 2.48. The van der Waals surface area contributed by atoms with Crippen molar-refractivity contribution in [1.82, 2.24) is 4.72 Å².